The molecule has 1 atom stereocenters. The van der Waals surface area contributed by atoms with Gasteiger partial charge in [0.05, 0.1) is 17.9 Å². The third-order valence-corrected chi connectivity index (χ3v) is 7.78. The summed E-state index contributed by atoms with van der Waals surface area (Å²) in [6, 6.07) is 28.4. The molecule has 0 unspecified atom stereocenters. The number of aryl methyl sites for hydroxylation is 1. The van der Waals surface area contributed by atoms with Crippen LogP contribution >= 0.6 is 11.3 Å². The minimum atomic E-state index is -1.29. The first-order valence-electron chi connectivity index (χ1n) is 12.8. The lowest BCUT2D eigenvalue weighted by atomic mass is 9.99. The lowest BCUT2D eigenvalue weighted by Gasteiger charge is -2.25. The number of carbonyl (C=O) groups excluding carboxylic acids is 2. The largest absolute Gasteiger partial charge is 0.321 e. The molecule has 1 aliphatic rings. The highest BCUT2D eigenvalue weighted by molar-refractivity contribution is 7.17. The highest BCUT2D eigenvalue weighted by Gasteiger charge is 2.34. The minimum Gasteiger partial charge on any atom is -0.308 e. The Kier molecular flexibility index (Phi) is 6.84. The van der Waals surface area contributed by atoms with Crippen molar-refractivity contribution in [3.8, 4) is 0 Å². The minimum absolute atomic E-state index is 0.247. The number of thiophene rings is 1. The van der Waals surface area contributed by atoms with Crippen molar-refractivity contribution in [1.82, 2.24) is 5.32 Å². The van der Waals surface area contributed by atoms with Gasteiger partial charge in [-0.25, -0.2) is 14.2 Å². The number of para-hydroxylation sites is 1. The van der Waals surface area contributed by atoms with Crippen molar-refractivity contribution in [2.45, 2.75) is 19.6 Å². The van der Waals surface area contributed by atoms with E-state index in [1.807, 2.05) is 79.0 Å². The van der Waals surface area contributed by atoms with Gasteiger partial charge in [-0.3, -0.25) is 4.79 Å². The smallest absolute Gasteiger partial charge is 0.308 e. The van der Waals surface area contributed by atoms with Crippen molar-refractivity contribution in [2.24, 2.45) is 4.99 Å². The van der Waals surface area contributed by atoms with E-state index in [-0.39, 0.29) is 12.1 Å². The number of anilines is 2. The van der Waals surface area contributed by atoms with E-state index in [1.165, 1.54) is 6.07 Å². The summed E-state index contributed by atoms with van der Waals surface area (Å²) in [6.45, 7) is 2.18. The van der Waals surface area contributed by atoms with Crippen LogP contribution in [0.15, 0.2) is 107 Å². The van der Waals surface area contributed by atoms with Crippen molar-refractivity contribution in [2.75, 3.05) is 10.2 Å². The molecule has 0 spiro atoms. The van der Waals surface area contributed by atoms with Crippen molar-refractivity contribution in [3.05, 3.63) is 131 Å². The van der Waals surface area contributed by atoms with Gasteiger partial charge in [0, 0.05) is 21.5 Å². The van der Waals surface area contributed by atoms with E-state index in [1.54, 1.807) is 40.5 Å². The van der Waals surface area contributed by atoms with Crippen LogP contribution in [0.3, 0.4) is 0 Å². The van der Waals surface area contributed by atoms with Gasteiger partial charge in [0.1, 0.15) is 5.82 Å². The van der Waals surface area contributed by atoms with Crippen molar-refractivity contribution in [3.63, 3.8) is 0 Å². The molecule has 8 heteroatoms. The molecular weight excluding hydrogens is 523 g/mol. The molecule has 40 heavy (non-hydrogen) atoms. The topological polar surface area (TPSA) is 73.8 Å². The van der Waals surface area contributed by atoms with Crippen LogP contribution in [-0.2, 0) is 11.3 Å². The van der Waals surface area contributed by atoms with Crippen LogP contribution < -0.4 is 15.5 Å². The van der Waals surface area contributed by atoms with E-state index in [9.17, 15) is 9.59 Å². The maximum Gasteiger partial charge on any atom is 0.321 e. The molecule has 198 valence electrons. The number of halogens is 1. The number of aliphatic imine (C=N–C) groups is 1. The molecule has 6 rings (SSSR count). The van der Waals surface area contributed by atoms with Gasteiger partial charge in [0.25, 0.3) is 5.91 Å². The summed E-state index contributed by atoms with van der Waals surface area (Å²) in [5, 5.41) is 8.60. The van der Waals surface area contributed by atoms with E-state index in [0.717, 1.165) is 21.2 Å². The first-order chi connectivity index (χ1) is 19.5. The van der Waals surface area contributed by atoms with Gasteiger partial charge in [-0.15, -0.1) is 11.3 Å². The average molecular weight is 549 g/mol. The van der Waals surface area contributed by atoms with Crippen molar-refractivity contribution < 1.29 is 14.0 Å². The highest BCUT2D eigenvalue weighted by atomic mass is 32.1. The number of hydrogen-bond donors (Lipinski definition) is 2. The summed E-state index contributed by atoms with van der Waals surface area (Å²) < 4.78 is 16.2. The lowest BCUT2D eigenvalue weighted by Crippen LogP contribution is -2.48. The zero-order chi connectivity index (χ0) is 27.6. The third kappa shape index (κ3) is 4.97. The summed E-state index contributed by atoms with van der Waals surface area (Å²) in [7, 11) is 0. The van der Waals surface area contributed by atoms with E-state index in [2.05, 4.69) is 15.6 Å². The van der Waals surface area contributed by atoms with Crippen LogP contribution in [0, 0.1) is 12.7 Å². The molecule has 0 aliphatic carbocycles. The van der Waals surface area contributed by atoms with E-state index in [0.29, 0.717) is 22.6 Å². The summed E-state index contributed by atoms with van der Waals surface area (Å²) in [6.07, 6.45) is -1.29. The number of amides is 3. The van der Waals surface area contributed by atoms with E-state index >= 15 is 4.39 Å². The Morgan fingerprint density at radius 3 is 2.52 bits per heavy atom. The number of benzodiazepines with no additional fused rings is 1. The third-order valence-electron chi connectivity index (χ3n) is 6.77. The Hall–Kier alpha value is -4.82. The molecule has 0 saturated heterocycles. The zero-order valence-corrected chi connectivity index (χ0v) is 22.4. The second-order valence-electron chi connectivity index (χ2n) is 9.53. The second-order valence-corrected chi connectivity index (χ2v) is 10.4. The SMILES string of the molecule is Cc1cccc(NC(=O)N[C@@H]2N=C(c3ccccc3F)c3ccccc3N(Cc3csc4ccccc34)C2=O)c1. The quantitative estimate of drug-likeness (QED) is 0.251. The Balaban J connectivity index is 1.43. The van der Waals surface area contributed by atoms with Gasteiger partial charge in [0.2, 0.25) is 6.17 Å². The molecule has 5 aromatic rings. The average Bonchev–Trinajstić information content (AvgIpc) is 3.32. The van der Waals surface area contributed by atoms with Gasteiger partial charge in [0.15, 0.2) is 0 Å². The lowest BCUT2D eigenvalue weighted by molar-refractivity contribution is -0.120. The number of benzene rings is 4. The molecule has 6 nitrogen and oxygen atoms in total. The van der Waals surface area contributed by atoms with Crippen LogP contribution in [0.2, 0.25) is 0 Å². The predicted octanol–water partition coefficient (Wildman–Crippen LogP) is 6.88. The normalized spacial score (nSPS) is 14.8. The molecule has 4 aromatic carbocycles. The summed E-state index contributed by atoms with van der Waals surface area (Å²) in [5.41, 5.74) is 4.27. The van der Waals surface area contributed by atoms with Crippen LogP contribution in [-0.4, -0.2) is 23.8 Å². The second kappa shape index (κ2) is 10.7. The number of urea groups is 1. The van der Waals surface area contributed by atoms with E-state index < -0.39 is 23.9 Å². The Morgan fingerprint density at radius 2 is 1.70 bits per heavy atom. The zero-order valence-electron chi connectivity index (χ0n) is 21.6. The Bertz CT molecular complexity index is 1780. The summed E-state index contributed by atoms with van der Waals surface area (Å²) in [4.78, 5) is 33.6. The molecule has 1 aromatic heterocycles. The number of rotatable bonds is 5. The summed E-state index contributed by atoms with van der Waals surface area (Å²) in [5.74, 6) is -0.891. The van der Waals surface area contributed by atoms with Crippen LogP contribution in [0.5, 0.6) is 0 Å². The molecule has 0 bridgehead atoms. The number of nitrogens with zero attached hydrogens (tertiary/aromatic N) is 2. The van der Waals surface area contributed by atoms with Gasteiger partial charge in [-0.2, -0.15) is 0 Å². The molecule has 0 saturated carbocycles. The maximum atomic E-state index is 15.1. The van der Waals surface area contributed by atoms with Crippen LogP contribution in [0.4, 0.5) is 20.6 Å². The molecule has 2 heterocycles. The van der Waals surface area contributed by atoms with Crippen molar-refractivity contribution in [1.29, 1.82) is 0 Å². The maximum absolute atomic E-state index is 15.1. The van der Waals surface area contributed by atoms with Gasteiger partial charge < -0.3 is 15.5 Å². The fourth-order valence-electron chi connectivity index (χ4n) is 4.89. The molecular formula is C32H25FN4O2S. The van der Waals surface area contributed by atoms with Gasteiger partial charge in [-0.05, 0) is 65.2 Å². The molecule has 3 amide bonds. The standard InChI is InChI=1S/C32H25FN4O2S/c1-20-9-8-10-22(17-20)34-32(39)36-30-31(38)37(18-21-19-40-28-16-7-4-11-23(21)28)27-15-6-3-13-25(27)29(35-30)24-12-2-5-14-26(24)33/h2-17,19,30H,18H2,1H3,(H2,34,36,39)/t30-/m0/s1. The van der Waals surface area contributed by atoms with Gasteiger partial charge in [-0.1, -0.05) is 60.7 Å². The Labute approximate surface area is 234 Å². The predicted molar refractivity (Wildman–Crippen MR) is 159 cm³/mol. The molecule has 0 fully saturated rings. The van der Waals surface area contributed by atoms with Crippen LogP contribution in [0.1, 0.15) is 22.3 Å². The molecule has 2 N–H and O–H groups in total. The molecule has 0 radical (unpaired) electrons. The van der Waals surface area contributed by atoms with E-state index in [4.69, 9.17) is 0 Å². The van der Waals surface area contributed by atoms with Gasteiger partial charge >= 0.3 is 6.03 Å². The molecule has 1 aliphatic heterocycles. The number of fused-ring (bicyclic) bond motifs is 2. The first kappa shape index (κ1) is 25.5. The number of carbonyl (C=O) groups is 2. The number of hydrogen-bond acceptors (Lipinski definition) is 4. The first-order valence-corrected chi connectivity index (χ1v) is 13.7. The monoisotopic (exact) mass is 548 g/mol. The summed E-state index contributed by atoms with van der Waals surface area (Å²) >= 11 is 1.61. The Morgan fingerprint density at radius 1 is 0.950 bits per heavy atom. The van der Waals surface area contributed by atoms with Crippen LogP contribution in [0.25, 0.3) is 10.1 Å². The fourth-order valence-corrected chi connectivity index (χ4v) is 5.85. The highest BCUT2D eigenvalue weighted by Crippen LogP contribution is 2.33. The fraction of sp³-hybridized carbons (Fsp3) is 0.0938. The van der Waals surface area contributed by atoms with Crippen molar-refractivity contribution >= 4 is 50.4 Å². The number of nitrogens with one attached hydrogen (secondary N) is 2.